The second kappa shape index (κ2) is 4.08. The Kier molecular flexibility index (Phi) is 3.07. The zero-order valence-corrected chi connectivity index (χ0v) is 7.17. The molecule has 1 aromatic rings. The van der Waals surface area contributed by atoms with Gasteiger partial charge in [-0.15, -0.1) is 0 Å². The highest BCUT2D eigenvalue weighted by Gasteiger charge is 2.12. The molecule has 0 saturated heterocycles. The second-order valence-electron chi connectivity index (χ2n) is 2.75. The molecule has 0 fully saturated rings. The predicted octanol–water partition coefficient (Wildman–Crippen LogP) is 0.296. The van der Waals surface area contributed by atoms with Crippen molar-refractivity contribution >= 4 is 5.82 Å². The Morgan fingerprint density at radius 3 is 2.92 bits per heavy atom. The van der Waals surface area contributed by atoms with E-state index in [4.69, 9.17) is 11.6 Å². The fraction of sp³-hybridized carbons (Fsp3) is 0.571. The molecule has 5 nitrogen and oxygen atoms in total. The highest BCUT2D eigenvalue weighted by Crippen LogP contribution is 2.20. The molecule has 68 valence electrons. The predicted molar refractivity (Wildman–Crippen MR) is 48.0 cm³/mol. The first-order valence-electron chi connectivity index (χ1n) is 4.04. The number of rotatable bonds is 4. The van der Waals surface area contributed by atoms with Crippen molar-refractivity contribution < 1.29 is 0 Å². The van der Waals surface area contributed by atoms with Crippen molar-refractivity contribution in [1.29, 1.82) is 0 Å². The van der Waals surface area contributed by atoms with E-state index in [9.17, 15) is 0 Å². The molecular formula is C7H15N5. The maximum atomic E-state index is 5.63. The lowest BCUT2D eigenvalue weighted by Crippen LogP contribution is -2.28. The summed E-state index contributed by atoms with van der Waals surface area (Å²) in [6, 6.07) is 0.105. The van der Waals surface area contributed by atoms with Gasteiger partial charge in [0.05, 0.1) is 12.2 Å². The average molecular weight is 169 g/mol. The van der Waals surface area contributed by atoms with Gasteiger partial charge in [0.2, 0.25) is 0 Å². The Morgan fingerprint density at radius 1 is 1.75 bits per heavy atom. The molecule has 12 heavy (non-hydrogen) atoms. The van der Waals surface area contributed by atoms with E-state index in [1.807, 2.05) is 0 Å². The summed E-state index contributed by atoms with van der Waals surface area (Å²) < 4.78 is 0. The van der Waals surface area contributed by atoms with Crippen molar-refractivity contribution in [3.8, 4) is 0 Å². The SMILES string of the molecule is CCCC(NN)c1cn[nH]c1N. The number of nitrogens with zero attached hydrogens (tertiary/aromatic N) is 1. The zero-order valence-electron chi connectivity index (χ0n) is 7.17. The fourth-order valence-corrected chi connectivity index (χ4v) is 1.20. The Labute approximate surface area is 71.5 Å². The number of aromatic nitrogens is 2. The molecule has 0 spiro atoms. The lowest BCUT2D eigenvalue weighted by molar-refractivity contribution is 0.511. The molecule has 6 N–H and O–H groups in total. The molecule has 0 radical (unpaired) electrons. The van der Waals surface area contributed by atoms with Crippen LogP contribution in [0, 0.1) is 0 Å². The van der Waals surface area contributed by atoms with Gasteiger partial charge in [0, 0.05) is 5.56 Å². The van der Waals surface area contributed by atoms with Gasteiger partial charge >= 0.3 is 0 Å². The van der Waals surface area contributed by atoms with Crippen molar-refractivity contribution in [2.75, 3.05) is 5.73 Å². The molecule has 0 saturated carbocycles. The number of nitrogens with one attached hydrogen (secondary N) is 2. The highest BCUT2D eigenvalue weighted by atomic mass is 15.2. The van der Waals surface area contributed by atoms with Gasteiger partial charge in [0.15, 0.2) is 0 Å². The maximum Gasteiger partial charge on any atom is 0.123 e. The van der Waals surface area contributed by atoms with Gasteiger partial charge in [-0.2, -0.15) is 5.10 Å². The van der Waals surface area contributed by atoms with E-state index in [0.29, 0.717) is 5.82 Å². The summed E-state index contributed by atoms with van der Waals surface area (Å²) in [4.78, 5) is 0. The molecule has 1 unspecified atom stereocenters. The fourth-order valence-electron chi connectivity index (χ4n) is 1.20. The van der Waals surface area contributed by atoms with Crippen LogP contribution in [0.5, 0.6) is 0 Å². The second-order valence-corrected chi connectivity index (χ2v) is 2.75. The van der Waals surface area contributed by atoms with Gasteiger partial charge in [0.1, 0.15) is 5.82 Å². The van der Waals surface area contributed by atoms with Crippen LogP contribution in [-0.4, -0.2) is 10.2 Å². The summed E-state index contributed by atoms with van der Waals surface area (Å²) in [7, 11) is 0. The maximum absolute atomic E-state index is 5.63. The number of nitrogen functional groups attached to an aromatic ring is 1. The van der Waals surface area contributed by atoms with Crippen molar-refractivity contribution in [2.45, 2.75) is 25.8 Å². The van der Waals surface area contributed by atoms with Crippen molar-refractivity contribution in [3.63, 3.8) is 0 Å². The van der Waals surface area contributed by atoms with E-state index in [1.54, 1.807) is 6.20 Å². The van der Waals surface area contributed by atoms with Crippen LogP contribution in [0.2, 0.25) is 0 Å². The van der Waals surface area contributed by atoms with E-state index < -0.39 is 0 Å². The summed E-state index contributed by atoms with van der Waals surface area (Å²) in [6.07, 6.45) is 3.72. The Bertz CT molecular complexity index is 231. The van der Waals surface area contributed by atoms with Crippen LogP contribution in [0.4, 0.5) is 5.82 Å². The van der Waals surface area contributed by atoms with E-state index in [0.717, 1.165) is 18.4 Å². The molecule has 1 rings (SSSR count). The minimum Gasteiger partial charge on any atom is -0.384 e. The number of anilines is 1. The smallest absolute Gasteiger partial charge is 0.123 e. The number of hydrazine groups is 1. The van der Waals surface area contributed by atoms with E-state index in [-0.39, 0.29) is 6.04 Å². The summed E-state index contributed by atoms with van der Waals surface area (Å²) in [5.74, 6) is 5.96. The molecule has 0 aliphatic carbocycles. The van der Waals surface area contributed by atoms with Crippen LogP contribution < -0.4 is 17.0 Å². The van der Waals surface area contributed by atoms with E-state index in [2.05, 4.69) is 22.5 Å². The molecule has 0 aliphatic rings. The molecular weight excluding hydrogens is 154 g/mol. The first-order valence-corrected chi connectivity index (χ1v) is 4.04. The van der Waals surface area contributed by atoms with Crippen LogP contribution in [0.15, 0.2) is 6.20 Å². The molecule has 1 atom stereocenters. The Morgan fingerprint density at radius 2 is 2.50 bits per heavy atom. The average Bonchev–Trinajstić information content (AvgIpc) is 2.47. The van der Waals surface area contributed by atoms with Gasteiger partial charge in [0.25, 0.3) is 0 Å². The Hall–Kier alpha value is -1.07. The first kappa shape index (κ1) is 9.02. The van der Waals surface area contributed by atoms with Crippen LogP contribution in [0.1, 0.15) is 31.4 Å². The normalized spacial score (nSPS) is 13.2. The first-order chi connectivity index (χ1) is 5.79. The standard InChI is InChI=1S/C7H15N5/c1-2-3-6(11-9)5-4-10-12-7(5)8/h4,6,11H,2-3,9H2,1H3,(H3,8,10,12). The van der Waals surface area contributed by atoms with Crippen molar-refractivity contribution in [2.24, 2.45) is 5.84 Å². The molecule has 0 amide bonds. The van der Waals surface area contributed by atoms with E-state index >= 15 is 0 Å². The van der Waals surface area contributed by atoms with Crippen molar-refractivity contribution in [1.82, 2.24) is 15.6 Å². The van der Waals surface area contributed by atoms with Gasteiger partial charge in [-0.3, -0.25) is 16.4 Å². The van der Waals surface area contributed by atoms with Gasteiger partial charge in [-0.25, -0.2) is 0 Å². The topological polar surface area (TPSA) is 92.7 Å². The highest BCUT2D eigenvalue weighted by molar-refractivity contribution is 5.39. The van der Waals surface area contributed by atoms with E-state index in [1.165, 1.54) is 0 Å². The molecule has 0 aliphatic heterocycles. The molecule has 0 aromatic carbocycles. The van der Waals surface area contributed by atoms with Gasteiger partial charge in [-0.05, 0) is 6.42 Å². The summed E-state index contributed by atoms with van der Waals surface area (Å²) in [5, 5.41) is 6.50. The third-order valence-corrected chi connectivity index (χ3v) is 1.85. The van der Waals surface area contributed by atoms with Gasteiger partial charge < -0.3 is 5.73 Å². The molecule has 1 aromatic heterocycles. The molecule has 5 heteroatoms. The summed E-state index contributed by atoms with van der Waals surface area (Å²) >= 11 is 0. The number of aromatic amines is 1. The number of hydrogen-bond donors (Lipinski definition) is 4. The number of H-pyrrole nitrogens is 1. The van der Waals surface area contributed by atoms with Crippen LogP contribution >= 0.6 is 0 Å². The van der Waals surface area contributed by atoms with Gasteiger partial charge in [-0.1, -0.05) is 13.3 Å². The minimum absolute atomic E-state index is 0.105. The lowest BCUT2D eigenvalue weighted by atomic mass is 10.1. The van der Waals surface area contributed by atoms with Crippen LogP contribution in [0.3, 0.4) is 0 Å². The number of hydrogen-bond acceptors (Lipinski definition) is 4. The third-order valence-electron chi connectivity index (χ3n) is 1.85. The summed E-state index contributed by atoms with van der Waals surface area (Å²) in [5.41, 5.74) is 9.28. The Balaban J connectivity index is 2.72. The molecule has 0 bridgehead atoms. The largest absolute Gasteiger partial charge is 0.384 e. The number of nitrogens with two attached hydrogens (primary N) is 2. The van der Waals surface area contributed by atoms with Crippen molar-refractivity contribution in [3.05, 3.63) is 11.8 Å². The quantitative estimate of drug-likeness (QED) is 0.385. The van der Waals surface area contributed by atoms with Crippen LogP contribution in [-0.2, 0) is 0 Å². The molecule has 1 heterocycles. The summed E-state index contributed by atoms with van der Waals surface area (Å²) in [6.45, 7) is 2.10. The monoisotopic (exact) mass is 169 g/mol. The lowest BCUT2D eigenvalue weighted by Gasteiger charge is -2.13. The zero-order chi connectivity index (χ0) is 8.97. The minimum atomic E-state index is 0.105. The van der Waals surface area contributed by atoms with Crippen LogP contribution in [0.25, 0.3) is 0 Å². The third kappa shape index (κ3) is 1.75.